The highest BCUT2D eigenvalue weighted by atomic mass is 19.2. The fourth-order valence-electron chi connectivity index (χ4n) is 2.27. The van der Waals surface area contributed by atoms with Gasteiger partial charge in [-0.2, -0.15) is 0 Å². The van der Waals surface area contributed by atoms with Gasteiger partial charge in [-0.05, 0) is 24.3 Å². The maximum atomic E-state index is 13.7. The van der Waals surface area contributed by atoms with Crippen molar-refractivity contribution in [1.29, 1.82) is 0 Å². The van der Waals surface area contributed by atoms with E-state index < -0.39 is 29.1 Å². The van der Waals surface area contributed by atoms with E-state index in [1.165, 1.54) is 18.2 Å². The van der Waals surface area contributed by atoms with Gasteiger partial charge >= 0.3 is 0 Å². The van der Waals surface area contributed by atoms with Crippen LogP contribution in [0.3, 0.4) is 0 Å². The SMILES string of the molecule is O=C1C(=O)N(Cc2cccc(F)c2F)c2cc(F)ccc21. The van der Waals surface area contributed by atoms with Crippen LogP contribution in [-0.4, -0.2) is 11.7 Å². The Morgan fingerprint density at radius 1 is 1.00 bits per heavy atom. The van der Waals surface area contributed by atoms with Gasteiger partial charge in [-0.25, -0.2) is 13.2 Å². The van der Waals surface area contributed by atoms with E-state index in [2.05, 4.69) is 0 Å². The monoisotopic (exact) mass is 291 g/mol. The van der Waals surface area contributed by atoms with Crippen molar-refractivity contribution in [3.05, 3.63) is 65.0 Å². The number of carbonyl (C=O) groups excluding carboxylic acids is 2. The molecule has 0 unspecified atom stereocenters. The van der Waals surface area contributed by atoms with Crippen LogP contribution in [0.5, 0.6) is 0 Å². The van der Waals surface area contributed by atoms with Crippen LogP contribution in [0.1, 0.15) is 15.9 Å². The second-order valence-electron chi connectivity index (χ2n) is 4.59. The Bertz CT molecular complexity index is 774. The molecule has 1 aliphatic rings. The molecule has 0 aliphatic carbocycles. The quantitative estimate of drug-likeness (QED) is 0.798. The van der Waals surface area contributed by atoms with E-state index in [9.17, 15) is 22.8 Å². The normalized spacial score (nSPS) is 13.8. The molecule has 0 radical (unpaired) electrons. The van der Waals surface area contributed by atoms with Crippen molar-refractivity contribution in [2.24, 2.45) is 0 Å². The van der Waals surface area contributed by atoms with Crippen LogP contribution in [0.15, 0.2) is 36.4 Å². The average molecular weight is 291 g/mol. The zero-order valence-corrected chi connectivity index (χ0v) is 10.6. The van der Waals surface area contributed by atoms with Gasteiger partial charge in [0.05, 0.1) is 17.8 Å². The fourth-order valence-corrected chi connectivity index (χ4v) is 2.27. The first-order chi connectivity index (χ1) is 9.99. The Labute approximate surface area is 117 Å². The first-order valence-electron chi connectivity index (χ1n) is 6.07. The maximum Gasteiger partial charge on any atom is 0.299 e. The molecule has 1 heterocycles. The lowest BCUT2D eigenvalue weighted by atomic mass is 10.1. The molecule has 0 saturated heterocycles. The lowest BCUT2D eigenvalue weighted by Crippen LogP contribution is -2.29. The van der Waals surface area contributed by atoms with Gasteiger partial charge in [-0.15, -0.1) is 0 Å². The minimum absolute atomic E-state index is 0.0539. The molecule has 6 heteroatoms. The Kier molecular flexibility index (Phi) is 3.01. The number of rotatable bonds is 2. The molecule has 0 aromatic heterocycles. The van der Waals surface area contributed by atoms with E-state index in [0.29, 0.717) is 0 Å². The summed E-state index contributed by atoms with van der Waals surface area (Å²) >= 11 is 0. The summed E-state index contributed by atoms with van der Waals surface area (Å²) in [6, 6.07) is 6.83. The van der Waals surface area contributed by atoms with E-state index in [0.717, 1.165) is 23.1 Å². The van der Waals surface area contributed by atoms with Crippen molar-refractivity contribution in [2.45, 2.75) is 6.54 Å². The van der Waals surface area contributed by atoms with E-state index in [1.807, 2.05) is 0 Å². The van der Waals surface area contributed by atoms with Crippen LogP contribution >= 0.6 is 0 Å². The summed E-state index contributed by atoms with van der Waals surface area (Å²) in [5.41, 5.74) is 0.0279. The van der Waals surface area contributed by atoms with E-state index in [-0.39, 0.29) is 23.4 Å². The molecule has 1 aliphatic heterocycles. The van der Waals surface area contributed by atoms with Crippen molar-refractivity contribution in [3.8, 4) is 0 Å². The molecule has 0 spiro atoms. The number of halogens is 3. The molecular formula is C15H8F3NO2. The maximum absolute atomic E-state index is 13.7. The van der Waals surface area contributed by atoms with E-state index >= 15 is 0 Å². The first kappa shape index (κ1) is 13.4. The summed E-state index contributed by atoms with van der Waals surface area (Å²) < 4.78 is 40.1. The highest BCUT2D eigenvalue weighted by Gasteiger charge is 2.36. The Balaban J connectivity index is 2.04. The molecule has 2 aromatic carbocycles. The molecule has 106 valence electrons. The molecule has 3 rings (SSSR count). The summed E-state index contributed by atoms with van der Waals surface area (Å²) in [4.78, 5) is 24.6. The zero-order chi connectivity index (χ0) is 15.1. The number of amides is 1. The van der Waals surface area contributed by atoms with Crippen molar-refractivity contribution < 1.29 is 22.8 Å². The molecule has 0 bridgehead atoms. The Morgan fingerprint density at radius 2 is 1.76 bits per heavy atom. The number of hydrogen-bond donors (Lipinski definition) is 0. The van der Waals surface area contributed by atoms with Crippen molar-refractivity contribution >= 4 is 17.4 Å². The second kappa shape index (κ2) is 4.73. The van der Waals surface area contributed by atoms with Crippen LogP contribution in [0.25, 0.3) is 0 Å². The number of hydrogen-bond acceptors (Lipinski definition) is 2. The molecule has 1 amide bonds. The van der Waals surface area contributed by atoms with Gasteiger partial charge in [0.1, 0.15) is 5.82 Å². The van der Waals surface area contributed by atoms with E-state index in [1.54, 1.807) is 0 Å². The highest BCUT2D eigenvalue weighted by molar-refractivity contribution is 6.52. The highest BCUT2D eigenvalue weighted by Crippen LogP contribution is 2.31. The van der Waals surface area contributed by atoms with E-state index in [4.69, 9.17) is 0 Å². The molecule has 0 N–H and O–H groups in total. The van der Waals surface area contributed by atoms with Crippen LogP contribution in [0.2, 0.25) is 0 Å². The van der Waals surface area contributed by atoms with Gasteiger partial charge in [0.25, 0.3) is 11.7 Å². The average Bonchev–Trinajstić information content (AvgIpc) is 2.68. The van der Waals surface area contributed by atoms with Crippen molar-refractivity contribution in [3.63, 3.8) is 0 Å². The van der Waals surface area contributed by atoms with Gasteiger partial charge in [-0.1, -0.05) is 12.1 Å². The minimum atomic E-state index is -1.09. The Morgan fingerprint density at radius 3 is 2.52 bits per heavy atom. The van der Waals surface area contributed by atoms with Crippen molar-refractivity contribution in [2.75, 3.05) is 4.90 Å². The third-order valence-corrected chi connectivity index (χ3v) is 3.29. The lowest BCUT2D eigenvalue weighted by molar-refractivity contribution is -0.114. The number of nitrogens with zero attached hydrogens (tertiary/aromatic N) is 1. The topological polar surface area (TPSA) is 37.4 Å². The van der Waals surface area contributed by atoms with Gasteiger partial charge in [0.15, 0.2) is 11.6 Å². The summed E-state index contributed by atoms with van der Waals surface area (Å²) in [5, 5.41) is 0. The van der Waals surface area contributed by atoms with Gasteiger partial charge in [0.2, 0.25) is 0 Å². The summed E-state index contributed by atoms with van der Waals surface area (Å²) in [6.07, 6.45) is 0. The number of benzene rings is 2. The summed E-state index contributed by atoms with van der Waals surface area (Å²) in [5.74, 6) is -4.45. The fraction of sp³-hybridized carbons (Fsp3) is 0.0667. The number of ketones is 1. The number of anilines is 1. The van der Waals surface area contributed by atoms with Crippen LogP contribution in [0, 0.1) is 17.5 Å². The second-order valence-corrected chi connectivity index (χ2v) is 4.59. The summed E-state index contributed by atoms with van der Waals surface area (Å²) in [6.45, 7) is -0.343. The number of carbonyl (C=O) groups is 2. The Hall–Kier alpha value is -2.63. The van der Waals surface area contributed by atoms with Crippen molar-refractivity contribution in [1.82, 2.24) is 0 Å². The number of fused-ring (bicyclic) bond motifs is 1. The number of Topliss-reactive ketones (excluding diaryl/α,β-unsaturated/α-hetero) is 1. The third kappa shape index (κ3) is 2.08. The van der Waals surface area contributed by atoms with Gasteiger partial charge in [-0.3, -0.25) is 9.59 Å². The summed E-state index contributed by atoms with van der Waals surface area (Å²) in [7, 11) is 0. The molecule has 21 heavy (non-hydrogen) atoms. The molecule has 0 atom stereocenters. The molecule has 0 fully saturated rings. The molecule has 3 nitrogen and oxygen atoms in total. The first-order valence-corrected chi connectivity index (χ1v) is 6.07. The van der Waals surface area contributed by atoms with Crippen LogP contribution in [0.4, 0.5) is 18.9 Å². The zero-order valence-electron chi connectivity index (χ0n) is 10.6. The molecular weight excluding hydrogens is 283 g/mol. The molecule has 0 saturated carbocycles. The van der Waals surface area contributed by atoms with Crippen LogP contribution < -0.4 is 4.90 Å². The third-order valence-electron chi connectivity index (χ3n) is 3.29. The van der Waals surface area contributed by atoms with Crippen LogP contribution in [-0.2, 0) is 11.3 Å². The van der Waals surface area contributed by atoms with Gasteiger partial charge in [0, 0.05) is 5.56 Å². The predicted molar refractivity (Wildman–Crippen MR) is 68.3 cm³/mol. The largest absolute Gasteiger partial charge is 0.300 e. The smallest absolute Gasteiger partial charge is 0.299 e. The lowest BCUT2D eigenvalue weighted by Gasteiger charge is -2.17. The standard InChI is InChI=1S/C15H8F3NO2/c16-9-4-5-10-12(6-9)19(15(21)14(10)20)7-8-2-1-3-11(17)13(8)18/h1-6H,7H2. The van der Waals surface area contributed by atoms with Gasteiger partial charge < -0.3 is 4.90 Å². The molecule has 2 aromatic rings. The predicted octanol–water partition coefficient (Wildman–Crippen LogP) is 2.83. The minimum Gasteiger partial charge on any atom is -0.300 e.